The highest BCUT2D eigenvalue weighted by atomic mass is 31.2. The van der Waals surface area contributed by atoms with Gasteiger partial charge in [-0.2, -0.15) is 0 Å². The zero-order valence-electron chi connectivity index (χ0n) is 48.7. The fourth-order valence-electron chi connectivity index (χ4n) is 7.38. The molecule has 2 N–H and O–H groups in total. The lowest BCUT2D eigenvalue weighted by molar-refractivity contribution is -0.870. The number of quaternary nitrogens is 1. The summed E-state index contributed by atoms with van der Waals surface area (Å²) >= 11 is 0. The molecule has 0 saturated carbocycles. The highest BCUT2D eigenvalue weighted by molar-refractivity contribution is 7.47. The molecule has 0 fully saturated rings. The molecule has 9 nitrogen and oxygen atoms in total. The van der Waals surface area contributed by atoms with Gasteiger partial charge in [-0.05, 0) is 102 Å². The Morgan fingerprint density at radius 3 is 1.43 bits per heavy atom. The van der Waals surface area contributed by atoms with Crippen LogP contribution in [0.1, 0.15) is 194 Å². The maximum absolute atomic E-state index is 13.5. The van der Waals surface area contributed by atoms with E-state index in [1.54, 1.807) is 0 Å². The van der Waals surface area contributed by atoms with Crippen LogP contribution in [-0.4, -0.2) is 74.3 Å². The van der Waals surface area contributed by atoms with Crippen molar-refractivity contribution in [1.82, 2.24) is 5.32 Å². The molecule has 0 aromatic heterocycles. The number of nitrogens with one attached hydrogen (secondary N) is 1. The van der Waals surface area contributed by atoms with Crippen molar-refractivity contribution in [3.63, 3.8) is 0 Å². The third-order valence-corrected chi connectivity index (χ3v) is 12.9. The Balaban J connectivity index is 5.50. The number of allylic oxidation sites excluding steroid dienone is 25. The molecule has 0 heterocycles. The lowest BCUT2D eigenvalue weighted by atomic mass is 10.1. The standard InChI is InChI=1S/C66H107N2O7P/c1-7-10-13-16-19-22-25-28-30-32-33-34-35-37-39-41-44-47-50-53-56-59-66(70)75-64(57-54-51-48-45-42-27-24-21-18-15-12-9-3)63(62-74-76(71,72)73-61-60-68(4,5)6)67-65(69)58-55-52-49-46-43-40-38-36-31-29-26-23-20-17-14-11-8-2/h10-11,13-14,17,19-20,22-23,26,28-31,33-34,36-40,43-44,47,54,57,63-64H,7-9,12,15-16,18,21,24-25,27,32,35,41-42,45-46,48-53,55-56,58-62H2,1-6H3,(H-,67,69,71,72)/p+1/b13-10-,14-11-,20-17+,22-19-,26-23+,30-28-,31-29-,34-33-,38-36+,39-37-,43-40+,47-44-,57-54+. The summed E-state index contributed by atoms with van der Waals surface area (Å²) in [5, 5.41) is 3.01. The number of hydrogen-bond donors (Lipinski definition) is 2. The number of phosphoric ester groups is 1. The molecule has 0 bridgehead atoms. The van der Waals surface area contributed by atoms with Crippen molar-refractivity contribution in [2.75, 3.05) is 40.9 Å². The number of amides is 1. The number of carbonyl (C=O) groups excluding carboxylic acids is 2. The molecule has 0 aromatic rings. The lowest BCUT2D eigenvalue weighted by Gasteiger charge is -2.27. The van der Waals surface area contributed by atoms with Crippen molar-refractivity contribution in [2.24, 2.45) is 0 Å². The molecule has 0 aliphatic rings. The summed E-state index contributed by atoms with van der Waals surface area (Å²) in [5.74, 6) is -0.624. The van der Waals surface area contributed by atoms with Gasteiger partial charge in [-0.15, -0.1) is 0 Å². The van der Waals surface area contributed by atoms with Crippen molar-refractivity contribution >= 4 is 19.7 Å². The Morgan fingerprint density at radius 2 is 0.908 bits per heavy atom. The van der Waals surface area contributed by atoms with Crippen molar-refractivity contribution in [3.8, 4) is 0 Å². The minimum absolute atomic E-state index is 0.0137. The van der Waals surface area contributed by atoms with Gasteiger partial charge in [-0.1, -0.05) is 237 Å². The molecular formula is C66H108N2O7P+. The minimum Gasteiger partial charge on any atom is -0.456 e. The predicted octanol–water partition coefficient (Wildman–Crippen LogP) is 18.0. The average Bonchev–Trinajstić information content (AvgIpc) is 3.38. The number of unbranched alkanes of at least 4 members (excludes halogenated alkanes) is 15. The highest BCUT2D eigenvalue weighted by Crippen LogP contribution is 2.43. The van der Waals surface area contributed by atoms with Gasteiger partial charge >= 0.3 is 13.8 Å². The average molecular weight is 1070 g/mol. The van der Waals surface area contributed by atoms with Crippen LogP contribution < -0.4 is 5.32 Å². The van der Waals surface area contributed by atoms with Crippen molar-refractivity contribution in [3.05, 3.63) is 158 Å². The van der Waals surface area contributed by atoms with Crippen molar-refractivity contribution < 1.29 is 37.3 Å². The fourth-order valence-corrected chi connectivity index (χ4v) is 8.12. The van der Waals surface area contributed by atoms with Crippen LogP contribution in [0.25, 0.3) is 0 Å². The van der Waals surface area contributed by atoms with Crippen LogP contribution in [0.4, 0.5) is 0 Å². The van der Waals surface area contributed by atoms with E-state index in [1.165, 1.54) is 51.4 Å². The van der Waals surface area contributed by atoms with Crippen molar-refractivity contribution in [2.45, 2.75) is 206 Å². The van der Waals surface area contributed by atoms with Crippen LogP contribution in [0, 0.1) is 0 Å². The third kappa shape index (κ3) is 54.4. The number of nitrogens with zero attached hydrogens (tertiary/aromatic N) is 1. The number of ether oxygens (including phenoxy) is 1. The first kappa shape index (κ1) is 71.6. The van der Waals surface area contributed by atoms with Gasteiger partial charge in [0.2, 0.25) is 5.91 Å². The molecule has 0 spiro atoms. The first-order valence-corrected chi connectivity index (χ1v) is 30.9. The van der Waals surface area contributed by atoms with Crippen LogP contribution in [0.2, 0.25) is 0 Å². The largest absolute Gasteiger partial charge is 0.472 e. The van der Waals surface area contributed by atoms with Gasteiger partial charge < -0.3 is 19.4 Å². The number of carbonyl (C=O) groups is 2. The Bertz CT molecular complexity index is 1860. The fraction of sp³-hybridized carbons (Fsp3) is 0.576. The molecule has 3 unspecified atom stereocenters. The SMILES string of the molecule is CC\C=C/C=C/C=C/C=C\C=C\C=C\CCCCCC(=O)NC(COP(=O)(O)OCC[N+](C)(C)C)C(/C=C/CCCCCCCCCCCC)OC(=O)CCCC/C=C\C/C=C\C/C=C\C/C=C\C/C=C\C/C=C\CC. The summed E-state index contributed by atoms with van der Waals surface area (Å²) in [7, 11) is 1.41. The summed E-state index contributed by atoms with van der Waals surface area (Å²) < 4.78 is 30.6. The van der Waals surface area contributed by atoms with Gasteiger partial charge in [0.15, 0.2) is 0 Å². The number of likely N-dealkylation sites (N-methyl/N-ethyl adjacent to an activating group) is 1. The van der Waals surface area contributed by atoms with Gasteiger partial charge in [0, 0.05) is 12.8 Å². The molecule has 0 saturated heterocycles. The molecule has 0 aliphatic carbocycles. The number of hydrogen-bond acceptors (Lipinski definition) is 6. The van der Waals surface area contributed by atoms with Gasteiger partial charge in [-0.3, -0.25) is 18.6 Å². The van der Waals surface area contributed by atoms with Crippen LogP contribution in [0.5, 0.6) is 0 Å². The molecule has 0 rings (SSSR count). The molecule has 1 amide bonds. The quantitative estimate of drug-likeness (QED) is 0.0156. The van der Waals surface area contributed by atoms with Gasteiger partial charge in [0.1, 0.15) is 19.3 Å². The van der Waals surface area contributed by atoms with Gasteiger partial charge in [0.05, 0.1) is 33.8 Å². The van der Waals surface area contributed by atoms with Crippen LogP contribution >= 0.6 is 7.82 Å². The number of rotatable bonds is 50. The van der Waals surface area contributed by atoms with E-state index in [4.69, 9.17) is 13.8 Å². The lowest BCUT2D eigenvalue weighted by Crippen LogP contribution is -2.47. The van der Waals surface area contributed by atoms with E-state index in [2.05, 4.69) is 111 Å². The zero-order chi connectivity index (χ0) is 55.7. The van der Waals surface area contributed by atoms with Crippen LogP contribution in [0.15, 0.2) is 158 Å². The Labute approximate surface area is 465 Å². The van der Waals surface area contributed by atoms with Crippen LogP contribution in [0.3, 0.4) is 0 Å². The third-order valence-electron chi connectivity index (χ3n) is 11.9. The summed E-state index contributed by atoms with van der Waals surface area (Å²) in [5.41, 5.74) is 0. The second-order valence-electron chi connectivity index (χ2n) is 20.2. The van der Waals surface area contributed by atoms with Gasteiger partial charge in [-0.25, -0.2) is 4.57 Å². The summed E-state index contributed by atoms with van der Waals surface area (Å²) in [4.78, 5) is 37.6. The second-order valence-corrected chi connectivity index (χ2v) is 21.7. The molecule has 0 radical (unpaired) electrons. The topological polar surface area (TPSA) is 111 Å². The van der Waals surface area contributed by atoms with Crippen LogP contribution in [-0.2, 0) is 27.9 Å². The van der Waals surface area contributed by atoms with E-state index in [0.717, 1.165) is 96.3 Å². The summed E-state index contributed by atoms with van der Waals surface area (Å²) in [6, 6.07) is -0.902. The molecule has 76 heavy (non-hydrogen) atoms. The monoisotopic (exact) mass is 1070 g/mol. The molecule has 10 heteroatoms. The first-order chi connectivity index (χ1) is 36.9. The van der Waals surface area contributed by atoms with E-state index in [0.29, 0.717) is 23.9 Å². The summed E-state index contributed by atoms with van der Waals surface area (Å²) in [6.45, 7) is 6.65. The Morgan fingerprint density at radius 1 is 0.487 bits per heavy atom. The number of phosphoric acid groups is 1. The predicted molar refractivity (Wildman–Crippen MR) is 327 cm³/mol. The van der Waals surface area contributed by atoms with E-state index in [-0.39, 0.29) is 37.9 Å². The molecule has 428 valence electrons. The van der Waals surface area contributed by atoms with E-state index < -0.39 is 20.0 Å². The maximum Gasteiger partial charge on any atom is 0.472 e. The van der Waals surface area contributed by atoms with E-state index in [9.17, 15) is 19.0 Å². The Hall–Kier alpha value is -4.37. The van der Waals surface area contributed by atoms with E-state index >= 15 is 0 Å². The Kier molecular flexibility index (Phi) is 50.9. The molecule has 3 atom stereocenters. The summed E-state index contributed by atoms with van der Waals surface area (Å²) in [6.07, 6.45) is 79.6. The molecule has 0 aliphatic heterocycles. The second kappa shape index (κ2) is 54.0. The smallest absolute Gasteiger partial charge is 0.456 e. The highest BCUT2D eigenvalue weighted by Gasteiger charge is 2.30. The normalized spacial score (nSPS) is 14.9. The molecular weight excluding hydrogens is 964 g/mol. The van der Waals surface area contributed by atoms with E-state index in [1.807, 2.05) is 94.1 Å². The minimum atomic E-state index is -4.48. The van der Waals surface area contributed by atoms with Gasteiger partial charge in [0.25, 0.3) is 0 Å². The zero-order valence-corrected chi connectivity index (χ0v) is 49.6. The van der Waals surface area contributed by atoms with Crippen molar-refractivity contribution in [1.29, 1.82) is 0 Å². The molecule has 0 aromatic carbocycles. The first-order valence-electron chi connectivity index (χ1n) is 29.4. The maximum atomic E-state index is 13.5. The number of esters is 1.